The van der Waals surface area contributed by atoms with Gasteiger partial charge >= 0.3 is 0 Å². The lowest BCUT2D eigenvalue weighted by Crippen LogP contribution is -2.15. The SMILES string of the molecule is COc1cccc(O)c1[C@H](N)CO. The molecule has 0 aliphatic rings. The highest BCUT2D eigenvalue weighted by Gasteiger charge is 2.14. The Morgan fingerprint density at radius 3 is 2.77 bits per heavy atom. The molecule has 1 atom stereocenters. The first-order valence-electron chi connectivity index (χ1n) is 3.93. The van der Waals surface area contributed by atoms with Gasteiger partial charge in [-0.15, -0.1) is 0 Å². The molecule has 72 valence electrons. The Morgan fingerprint density at radius 1 is 1.54 bits per heavy atom. The van der Waals surface area contributed by atoms with Gasteiger partial charge in [0.25, 0.3) is 0 Å². The van der Waals surface area contributed by atoms with Gasteiger partial charge in [0, 0.05) is 0 Å². The van der Waals surface area contributed by atoms with Crippen molar-refractivity contribution in [2.45, 2.75) is 6.04 Å². The average Bonchev–Trinajstić information content (AvgIpc) is 2.16. The second-order valence-corrected chi connectivity index (χ2v) is 2.68. The number of hydrogen-bond donors (Lipinski definition) is 3. The molecule has 0 fully saturated rings. The quantitative estimate of drug-likeness (QED) is 0.633. The van der Waals surface area contributed by atoms with Crippen LogP contribution in [0.15, 0.2) is 18.2 Å². The summed E-state index contributed by atoms with van der Waals surface area (Å²) in [5.74, 6) is 0.530. The lowest BCUT2D eigenvalue weighted by molar-refractivity contribution is 0.261. The number of ether oxygens (including phenoxy) is 1. The predicted octanol–water partition coefficient (Wildman–Crippen LogP) is 0.393. The fraction of sp³-hybridized carbons (Fsp3) is 0.333. The highest BCUT2D eigenvalue weighted by molar-refractivity contribution is 5.45. The van der Waals surface area contributed by atoms with Crippen molar-refractivity contribution in [3.8, 4) is 11.5 Å². The van der Waals surface area contributed by atoms with Gasteiger partial charge in [0.1, 0.15) is 11.5 Å². The van der Waals surface area contributed by atoms with Gasteiger partial charge in [-0.2, -0.15) is 0 Å². The molecule has 0 radical (unpaired) electrons. The van der Waals surface area contributed by atoms with Crippen LogP contribution in [-0.2, 0) is 0 Å². The van der Waals surface area contributed by atoms with E-state index < -0.39 is 6.04 Å². The number of aliphatic hydroxyl groups is 1. The molecule has 0 unspecified atom stereocenters. The molecule has 0 amide bonds. The summed E-state index contributed by atoms with van der Waals surface area (Å²) >= 11 is 0. The van der Waals surface area contributed by atoms with Crippen LogP contribution in [-0.4, -0.2) is 23.9 Å². The molecule has 0 saturated heterocycles. The lowest BCUT2D eigenvalue weighted by atomic mass is 10.1. The lowest BCUT2D eigenvalue weighted by Gasteiger charge is -2.14. The maximum atomic E-state index is 9.45. The van der Waals surface area contributed by atoms with E-state index in [1.165, 1.54) is 13.2 Å². The second kappa shape index (κ2) is 4.11. The summed E-state index contributed by atoms with van der Waals surface area (Å²) in [6.45, 7) is -0.228. The molecule has 0 aliphatic carbocycles. The minimum absolute atomic E-state index is 0.0425. The molecule has 0 heterocycles. The third-order valence-corrected chi connectivity index (χ3v) is 1.83. The number of hydrogen-bond acceptors (Lipinski definition) is 4. The second-order valence-electron chi connectivity index (χ2n) is 2.68. The molecule has 0 aliphatic heterocycles. The van der Waals surface area contributed by atoms with Gasteiger partial charge in [-0.25, -0.2) is 0 Å². The van der Waals surface area contributed by atoms with E-state index in [-0.39, 0.29) is 12.4 Å². The van der Waals surface area contributed by atoms with Crippen LogP contribution in [0.4, 0.5) is 0 Å². The van der Waals surface area contributed by atoms with Crippen LogP contribution in [0.25, 0.3) is 0 Å². The monoisotopic (exact) mass is 183 g/mol. The predicted molar refractivity (Wildman–Crippen MR) is 48.7 cm³/mol. The Balaban J connectivity index is 3.14. The molecule has 4 heteroatoms. The molecule has 4 nitrogen and oxygen atoms in total. The Morgan fingerprint density at radius 2 is 2.23 bits per heavy atom. The largest absolute Gasteiger partial charge is 0.507 e. The van der Waals surface area contributed by atoms with Gasteiger partial charge in [-0.3, -0.25) is 0 Å². The van der Waals surface area contributed by atoms with E-state index in [0.29, 0.717) is 11.3 Å². The van der Waals surface area contributed by atoms with Crippen molar-refractivity contribution in [1.29, 1.82) is 0 Å². The van der Waals surface area contributed by atoms with E-state index in [1.54, 1.807) is 12.1 Å². The smallest absolute Gasteiger partial charge is 0.127 e. The van der Waals surface area contributed by atoms with Gasteiger partial charge in [-0.05, 0) is 12.1 Å². The van der Waals surface area contributed by atoms with Gasteiger partial charge in [-0.1, -0.05) is 6.07 Å². The van der Waals surface area contributed by atoms with Crippen LogP contribution in [0.3, 0.4) is 0 Å². The number of methoxy groups -OCH3 is 1. The summed E-state index contributed by atoms with van der Waals surface area (Å²) in [5, 5.41) is 18.3. The van der Waals surface area contributed by atoms with E-state index in [2.05, 4.69) is 0 Å². The number of nitrogens with two attached hydrogens (primary N) is 1. The van der Waals surface area contributed by atoms with Crippen molar-refractivity contribution < 1.29 is 14.9 Å². The minimum atomic E-state index is -0.615. The van der Waals surface area contributed by atoms with E-state index in [1.807, 2.05) is 0 Å². The third kappa shape index (κ3) is 1.91. The minimum Gasteiger partial charge on any atom is -0.507 e. The summed E-state index contributed by atoms with van der Waals surface area (Å²) in [6.07, 6.45) is 0. The maximum absolute atomic E-state index is 9.45. The molecular formula is C9H13NO3. The summed E-state index contributed by atoms with van der Waals surface area (Å²) < 4.78 is 5.00. The highest BCUT2D eigenvalue weighted by Crippen LogP contribution is 2.31. The zero-order valence-corrected chi connectivity index (χ0v) is 7.40. The first kappa shape index (κ1) is 9.83. The van der Waals surface area contributed by atoms with Gasteiger partial charge in [0.05, 0.1) is 25.3 Å². The molecule has 4 N–H and O–H groups in total. The van der Waals surface area contributed by atoms with Crippen molar-refractivity contribution >= 4 is 0 Å². The zero-order valence-electron chi connectivity index (χ0n) is 7.40. The van der Waals surface area contributed by atoms with Crippen LogP contribution in [0, 0.1) is 0 Å². The van der Waals surface area contributed by atoms with E-state index in [0.717, 1.165) is 0 Å². The normalized spacial score (nSPS) is 12.5. The molecule has 13 heavy (non-hydrogen) atoms. The topological polar surface area (TPSA) is 75.7 Å². The van der Waals surface area contributed by atoms with Crippen LogP contribution in [0.5, 0.6) is 11.5 Å². The number of phenols is 1. The summed E-state index contributed by atoms with van der Waals surface area (Å²) in [6, 6.07) is 4.23. The number of phenolic OH excluding ortho intramolecular Hbond substituents is 1. The van der Waals surface area contributed by atoms with E-state index in [9.17, 15) is 5.11 Å². The Kier molecular flexibility index (Phi) is 3.11. The highest BCUT2D eigenvalue weighted by atomic mass is 16.5. The van der Waals surface area contributed by atoms with Crippen LogP contribution in [0.1, 0.15) is 11.6 Å². The molecule has 0 aromatic heterocycles. The van der Waals surface area contributed by atoms with Crippen molar-refractivity contribution in [1.82, 2.24) is 0 Å². The first-order chi connectivity index (χ1) is 6.20. The molecule has 1 aromatic carbocycles. The molecular weight excluding hydrogens is 170 g/mol. The molecule has 0 bridgehead atoms. The molecule has 0 saturated carbocycles. The number of aromatic hydroxyl groups is 1. The molecule has 0 spiro atoms. The first-order valence-corrected chi connectivity index (χ1v) is 3.93. The summed E-state index contributed by atoms with van der Waals surface area (Å²) in [4.78, 5) is 0. The Labute approximate surface area is 76.6 Å². The average molecular weight is 183 g/mol. The standard InChI is InChI=1S/C9H13NO3/c1-13-8-4-2-3-7(12)9(8)6(10)5-11/h2-4,6,11-12H,5,10H2,1H3/t6-/m1/s1. The van der Waals surface area contributed by atoms with Crippen LogP contribution >= 0.6 is 0 Å². The molecule has 1 rings (SSSR count). The fourth-order valence-electron chi connectivity index (χ4n) is 1.17. The Bertz CT molecular complexity index is 288. The summed E-state index contributed by atoms with van der Waals surface area (Å²) in [7, 11) is 1.49. The van der Waals surface area contributed by atoms with Gasteiger partial charge < -0.3 is 20.7 Å². The van der Waals surface area contributed by atoms with E-state index >= 15 is 0 Å². The maximum Gasteiger partial charge on any atom is 0.127 e. The van der Waals surface area contributed by atoms with Crippen molar-refractivity contribution in [3.05, 3.63) is 23.8 Å². The van der Waals surface area contributed by atoms with Crippen molar-refractivity contribution in [2.24, 2.45) is 5.73 Å². The van der Waals surface area contributed by atoms with Gasteiger partial charge in [0.15, 0.2) is 0 Å². The zero-order chi connectivity index (χ0) is 9.84. The number of benzene rings is 1. The number of aliphatic hydroxyl groups excluding tert-OH is 1. The van der Waals surface area contributed by atoms with Crippen molar-refractivity contribution in [3.63, 3.8) is 0 Å². The van der Waals surface area contributed by atoms with Gasteiger partial charge in [0.2, 0.25) is 0 Å². The Hall–Kier alpha value is -1.26. The van der Waals surface area contributed by atoms with Crippen LogP contribution < -0.4 is 10.5 Å². The summed E-state index contributed by atoms with van der Waals surface area (Å²) in [5.41, 5.74) is 6.02. The van der Waals surface area contributed by atoms with Crippen LogP contribution in [0.2, 0.25) is 0 Å². The van der Waals surface area contributed by atoms with Crippen molar-refractivity contribution in [2.75, 3.05) is 13.7 Å². The number of rotatable bonds is 3. The fourth-order valence-corrected chi connectivity index (χ4v) is 1.17. The third-order valence-electron chi connectivity index (χ3n) is 1.83. The van der Waals surface area contributed by atoms with E-state index in [4.69, 9.17) is 15.6 Å². The molecule has 1 aromatic rings.